The van der Waals surface area contributed by atoms with Crippen LogP contribution in [0.25, 0.3) is 0 Å². The van der Waals surface area contributed by atoms with Gasteiger partial charge in [-0.2, -0.15) is 21.0 Å². The van der Waals surface area contributed by atoms with Crippen LogP contribution < -0.4 is 9.80 Å². The van der Waals surface area contributed by atoms with Crippen LogP contribution in [-0.4, -0.2) is 22.2 Å². The molecule has 0 atom stereocenters. The maximum atomic E-state index is 9.52. The van der Waals surface area contributed by atoms with Crippen molar-refractivity contribution < 1.29 is 0 Å². The maximum absolute atomic E-state index is 9.52. The largest absolute Gasteiger partial charge is 0.324 e. The summed E-state index contributed by atoms with van der Waals surface area (Å²) in [5.41, 5.74) is 0.861. The molecule has 31 heavy (non-hydrogen) atoms. The van der Waals surface area contributed by atoms with Gasteiger partial charge in [0.25, 0.3) is 0 Å². The first-order valence-corrected chi connectivity index (χ1v) is 9.14. The van der Waals surface area contributed by atoms with Crippen LogP contribution >= 0.6 is 0 Å². The van der Waals surface area contributed by atoms with Crippen molar-refractivity contribution in [2.75, 3.05) is 16.3 Å². The monoisotopic (exact) mass is 405 g/mol. The molecule has 0 radical (unpaired) electrons. The second-order valence-corrected chi connectivity index (χ2v) is 6.28. The van der Waals surface area contributed by atoms with E-state index in [-0.39, 0.29) is 28.5 Å². The Balaban J connectivity index is 2.41. The SMILES string of the molecule is C=C(C#N)/C(C#N)=N\C1=C(C)N(CC)c2nc(C#N)c(C#N)nc2N1c1ccccc1. The third-order valence-electron chi connectivity index (χ3n) is 4.55. The summed E-state index contributed by atoms with van der Waals surface area (Å²) in [6, 6.07) is 16.7. The molecule has 9 nitrogen and oxygen atoms in total. The molecule has 0 spiro atoms. The topological polar surface area (TPSA) is 140 Å². The van der Waals surface area contributed by atoms with Crippen molar-refractivity contribution in [2.45, 2.75) is 13.8 Å². The maximum Gasteiger partial charge on any atom is 0.184 e. The van der Waals surface area contributed by atoms with Gasteiger partial charge in [-0.1, -0.05) is 24.8 Å². The number of nitrogens with zero attached hydrogens (tertiary/aromatic N) is 9. The number of rotatable bonds is 4. The lowest BCUT2D eigenvalue weighted by atomic mass is 10.2. The number of anilines is 3. The smallest absolute Gasteiger partial charge is 0.184 e. The summed E-state index contributed by atoms with van der Waals surface area (Å²) in [5.74, 6) is 1.00. The van der Waals surface area contributed by atoms with Crippen LogP contribution in [0.15, 0.2) is 59.0 Å². The Kier molecular flexibility index (Phi) is 5.73. The number of nitriles is 4. The molecule has 0 saturated carbocycles. The van der Waals surface area contributed by atoms with Crippen molar-refractivity contribution >= 4 is 23.0 Å². The molecular weight excluding hydrogens is 390 g/mol. The first kappa shape index (κ1) is 20.7. The molecule has 0 bridgehead atoms. The molecule has 1 aromatic carbocycles. The number of aliphatic imine (C=N–C) groups is 1. The molecule has 1 aliphatic heterocycles. The molecule has 3 rings (SSSR count). The highest BCUT2D eigenvalue weighted by atomic mass is 15.4. The number of aromatic nitrogens is 2. The first-order chi connectivity index (χ1) is 15.0. The third-order valence-corrected chi connectivity index (χ3v) is 4.55. The van der Waals surface area contributed by atoms with E-state index in [0.29, 0.717) is 29.6 Å². The molecule has 0 unspecified atom stereocenters. The van der Waals surface area contributed by atoms with Crippen molar-refractivity contribution in [2.24, 2.45) is 4.99 Å². The highest BCUT2D eigenvalue weighted by molar-refractivity contribution is 6.14. The summed E-state index contributed by atoms with van der Waals surface area (Å²) in [6.07, 6.45) is 0. The van der Waals surface area contributed by atoms with Crippen LogP contribution in [0.5, 0.6) is 0 Å². The quantitative estimate of drug-likeness (QED) is 0.556. The normalized spacial score (nSPS) is 12.9. The minimum absolute atomic E-state index is 0.0757. The van der Waals surface area contributed by atoms with Crippen LogP contribution in [0.4, 0.5) is 17.3 Å². The van der Waals surface area contributed by atoms with Gasteiger partial charge in [0, 0.05) is 12.2 Å². The van der Waals surface area contributed by atoms with Gasteiger partial charge in [-0.25, -0.2) is 15.0 Å². The molecular formula is C22H15N9. The van der Waals surface area contributed by atoms with Gasteiger partial charge in [-0.05, 0) is 26.0 Å². The van der Waals surface area contributed by atoms with Crippen molar-refractivity contribution in [1.29, 1.82) is 21.0 Å². The number of benzene rings is 1. The van der Waals surface area contributed by atoms with Crippen molar-refractivity contribution in [3.05, 3.63) is 65.4 Å². The van der Waals surface area contributed by atoms with E-state index in [9.17, 15) is 21.0 Å². The van der Waals surface area contributed by atoms with Crippen LogP contribution in [-0.2, 0) is 0 Å². The van der Waals surface area contributed by atoms with E-state index in [1.54, 1.807) is 16.7 Å². The second-order valence-electron chi connectivity index (χ2n) is 6.28. The van der Waals surface area contributed by atoms with Gasteiger partial charge in [0.1, 0.15) is 24.3 Å². The summed E-state index contributed by atoms with van der Waals surface area (Å²) in [5, 5.41) is 37.6. The minimum Gasteiger partial charge on any atom is -0.324 e. The van der Waals surface area contributed by atoms with Crippen LogP contribution in [0, 0.1) is 45.3 Å². The zero-order valence-corrected chi connectivity index (χ0v) is 16.8. The Bertz CT molecular complexity index is 1290. The average Bonchev–Trinajstić information content (AvgIpc) is 2.81. The van der Waals surface area contributed by atoms with Crippen molar-refractivity contribution in [3.8, 4) is 24.3 Å². The number of allylic oxidation sites excluding steroid dienone is 2. The Hall–Kier alpha value is -4.99. The van der Waals surface area contributed by atoms with E-state index in [2.05, 4.69) is 21.5 Å². The zero-order chi connectivity index (χ0) is 22.5. The highest BCUT2D eigenvalue weighted by Gasteiger charge is 2.33. The predicted molar refractivity (Wildman–Crippen MR) is 114 cm³/mol. The number of hydrogen-bond acceptors (Lipinski definition) is 9. The molecule has 148 valence electrons. The van der Waals surface area contributed by atoms with E-state index < -0.39 is 0 Å². The van der Waals surface area contributed by atoms with E-state index in [0.717, 1.165) is 0 Å². The number of hydrogen-bond donors (Lipinski definition) is 0. The lowest BCUT2D eigenvalue weighted by Gasteiger charge is -2.37. The van der Waals surface area contributed by atoms with Crippen LogP contribution in [0.1, 0.15) is 25.2 Å². The van der Waals surface area contributed by atoms with Gasteiger partial charge in [-0.3, -0.25) is 4.90 Å². The molecule has 0 fully saturated rings. The predicted octanol–water partition coefficient (Wildman–Crippen LogP) is 3.43. The molecule has 2 heterocycles. The molecule has 0 amide bonds. The standard InChI is InChI=1S/C22H15N9/c1-4-30-15(3)20(27-17(11-24)14(2)10-23)31(16-8-6-5-7-9-16)22-21(30)28-18(12-25)19(13-26)29-22/h5-9H,2,4H2,1,3H3/b27-17-. The van der Waals surface area contributed by atoms with Gasteiger partial charge < -0.3 is 4.90 Å². The molecule has 0 N–H and O–H groups in total. The number of fused-ring (bicyclic) bond motifs is 1. The lowest BCUT2D eigenvalue weighted by Crippen LogP contribution is -2.35. The molecule has 1 aromatic heterocycles. The Morgan fingerprint density at radius 3 is 2.13 bits per heavy atom. The summed E-state index contributed by atoms with van der Waals surface area (Å²) < 4.78 is 0. The van der Waals surface area contributed by atoms with E-state index in [1.807, 2.05) is 61.5 Å². The van der Waals surface area contributed by atoms with E-state index >= 15 is 0 Å². The summed E-state index contributed by atoms with van der Waals surface area (Å²) in [7, 11) is 0. The van der Waals surface area contributed by atoms with Gasteiger partial charge in [0.2, 0.25) is 0 Å². The Labute approximate surface area is 179 Å². The third kappa shape index (κ3) is 3.56. The Morgan fingerprint density at radius 1 is 1.00 bits per heavy atom. The average molecular weight is 405 g/mol. The van der Waals surface area contributed by atoms with Gasteiger partial charge in [-0.15, -0.1) is 0 Å². The van der Waals surface area contributed by atoms with E-state index in [1.165, 1.54) is 0 Å². The fourth-order valence-corrected chi connectivity index (χ4v) is 3.10. The molecule has 0 aliphatic carbocycles. The van der Waals surface area contributed by atoms with Gasteiger partial charge in [0.15, 0.2) is 34.6 Å². The minimum atomic E-state index is -0.139. The summed E-state index contributed by atoms with van der Waals surface area (Å²) in [6.45, 7) is 7.73. The summed E-state index contributed by atoms with van der Waals surface area (Å²) >= 11 is 0. The fraction of sp³-hybridized carbons (Fsp3) is 0.136. The number of para-hydroxylation sites is 1. The highest BCUT2D eigenvalue weighted by Crippen LogP contribution is 2.42. The van der Waals surface area contributed by atoms with E-state index in [4.69, 9.17) is 0 Å². The molecule has 2 aromatic rings. The zero-order valence-electron chi connectivity index (χ0n) is 16.8. The molecule has 0 saturated heterocycles. The fourth-order valence-electron chi connectivity index (χ4n) is 3.10. The van der Waals surface area contributed by atoms with Crippen LogP contribution in [0.3, 0.4) is 0 Å². The second kappa shape index (κ2) is 8.57. The first-order valence-electron chi connectivity index (χ1n) is 9.14. The Morgan fingerprint density at radius 2 is 1.61 bits per heavy atom. The summed E-state index contributed by atoms with van der Waals surface area (Å²) in [4.78, 5) is 16.7. The molecule has 1 aliphatic rings. The lowest BCUT2D eigenvalue weighted by molar-refractivity contribution is 0.844. The molecule has 9 heteroatoms. The van der Waals surface area contributed by atoms with Crippen LogP contribution in [0.2, 0.25) is 0 Å². The van der Waals surface area contributed by atoms with Gasteiger partial charge >= 0.3 is 0 Å². The van der Waals surface area contributed by atoms with Crippen molar-refractivity contribution in [3.63, 3.8) is 0 Å². The van der Waals surface area contributed by atoms with Gasteiger partial charge in [0.05, 0.1) is 11.3 Å². The van der Waals surface area contributed by atoms with Crippen molar-refractivity contribution in [1.82, 2.24) is 9.97 Å².